The first-order valence-corrected chi connectivity index (χ1v) is 13.4. The largest absolute Gasteiger partial charge is 0.482 e. The number of aromatic nitrogens is 2. The van der Waals surface area contributed by atoms with Gasteiger partial charge in [0.1, 0.15) is 25.1 Å². The molecule has 1 unspecified atom stereocenters. The van der Waals surface area contributed by atoms with Gasteiger partial charge < -0.3 is 9.64 Å². The van der Waals surface area contributed by atoms with Gasteiger partial charge in [0, 0.05) is 25.0 Å². The highest BCUT2D eigenvalue weighted by molar-refractivity contribution is 5.96. The summed E-state index contributed by atoms with van der Waals surface area (Å²) in [5.74, 6) is -0.728. The number of benzene rings is 2. The number of carbonyl (C=O) groups is 1. The summed E-state index contributed by atoms with van der Waals surface area (Å²) in [4.78, 5) is 33.2. The summed E-state index contributed by atoms with van der Waals surface area (Å²) in [5, 5.41) is 1.95. The standard InChI is InChI=1S/C33H31FN4O3/c1-3-5-13-25-21-26(34)15-16-27(25)30(28-14-9-10-18-35-28)38-23-36(19-4-2)33(40)31-32(29(39)17-20-37(31)38)41-22-24-11-7-6-8-12-24/h3-4,6-12,14-18,20-21,30H,1-2,5,13,19,22-23H2. The molecule has 3 heterocycles. The van der Waals surface area contributed by atoms with Crippen molar-refractivity contribution in [2.75, 3.05) is 18.2 Å². The van der Waals surface area contributed by atoms with Gasteiger partial charge in [0.05, 0.1) is 5.69 Å². The van der Waals surface area contributed by atoms with Gasteiger partial charge in [-0.25, -0.2) is 4.39 Å². The van der Waals surface area contributed by atoms with Crippen LogP contribution in [-0.2, 0) is 13.0 Å². The van der Waals surface area contributed by atoms with Gasteiger partial charge in [0.15, 0.2) is 11.4 Å². The Hall–Kier alpha value is -4.98. The summed E-state index contributed by atoms with van der Waals surface area (Å²) in [6, 6.07) is 20.7. The van der Waals surface area contributed by atoms with Crippen molar-refractivity contribution in [3.8, 4) is 5.75 Å². The van der Waals surface area contributed by atoms with Gasteiger partial charge in [-0.1, -0.05) is 54.6 Å². The van der Waals surface area contributed by atoms with Gasteiger partial charge in [-0.2, -0.15) is 0 Å². The van der Waals surface area contributed by atoms with Crippen molar-refractivity contribution >= 4 is 5.91 Å². The van der Waals surface area contributed by atoms with E-state index in [-0.39, 0.29) is 43.0 Å². The molecule has 0 saturated carbocycles. The van der Waals surface area contributed by atoms with Crippen molar-refractivity contribution in [2.24, 2.45) is 0 Å². The maximum Gasteiger partial charge on any atom is 0.278 e. The van der Waals surface area contributed by atoms with Crippen LogP contribution in [0.5, 0.6) is 5.75 Å². The fourth-order valence-corrected chi connectivity index (χ4v) is 5.07. The number of carbonyl (C=O) groups excluding carboxylic acids is 1. The Bertz CT molecular complexity index is 1600. The van der Waals surface area contributed by atoms with E-state index in [0.29, 0.717) is 18.5 Å². The predicted molar refractivity (Wildman–Crippen MR) is 157 cm³/mol. The number of pyridine rings is 2. The number of fused-ring (bicyclic) bond motifs is 1. The summed E-state index contributed by atoms with van der Waals surface area (Å²) < 4.78 is 22.2. The lowest BCUT2D eigenvalue weighted by Crippen LogP contribution is -2.55. The Kier molecular flexibility index (Phi) is 8.39. The van der Waals surface area contributed by atoms with E-state index in [2.05, 4.69) is 18.1 Å². The molecule has 1 atom stereocenters. The minimum Gasteiger partial charge on any atom is -0.482 e. The molecule has 5 rings (SSSR count). The first-order chi connectivity index (χ1) is 20.0. The van der Waals surface area contributed by atoms with E-state index in [1.165, 1.54) is 18.2 Å². The third kappa shape index (κ3) is 5.82. The van der Waals surface area contributed by atoms with Crippen LogP contribution in [0.15, 0.2) is 115 Å². The average molecular weight is 551 g/mol. The smallest absolute Gasteiger partial charge is 0.278 e. The van der Waals surface area contributed by atoms with E-state index in [4.69, 9.17) is 4.74 Å². The Morgan fingerprint density at radius 3 is 2.54 bits per heavy atom. The fraction of sp³-hybridized carbons (Fsp3) is 0.182. The molecule has 0 saturated heterocycles. The first kappa shape index (κ1) is 27.6. The number of hydrogen-bond acceptors (Lipinski definition) is 5. The minimum atomic E-state index is -0.528. The van der Waals surface area contributed by atoms with Crippen molar-refractivity contribution in [3.05, 3.63) is 155 Å². The summed E-state index contributed by atoms with van der Waals surface area (Å²) in [5.41, 5.74) is 2.90. The van der Waals surface area contributed by atoms with Crippen molar-refractivity contribution in [2.45, 2.75) is 25.5 Å². The van der Waals surface area contributed by atoms with Crippen LogP contribution in [0.3, 0.4) is 0 Å². The Morgan fingerprint density at radius 2 is 1.80 bits per heavy atom. The lowest BCUT2D eigenvalue weighted by Gasteiger charge is -2.44. The molecule has 41 heavy (non-hydrogen) atoms. The lowest BCUT2D eigenvalue weighted by atomic mass is 9.94. The number of aryl methyl sites for hydroxylation is 1. The topological polar surface area (TPSA) is 67.7 Å². The quantitative estimate of drug-likeness (QED) is 0.234. The predicted octanol–water partition coefficient (Wildman–Crippen LogP) is 5.41. The van der Waals surface area contributed by atoms with Gasteiger partial charge in [-0.05, 0) is 53.8 Å². The van der Waals surface area contributed by atoms with Gasteiger partial charge in [-0.3, -0.25) is 24.3 Å². The molecule has 7 nitrogen and oxygen atoms in total. The van der Waals surface area contributed by atoms with E-state index < -0.39 is 11.5 Å². The molecular formula is C33H31FN4O3. The zero-order valence-electron chi connectivity index (χ0n) is 22.7. The number of ether oxygens (including phenoxy) is 1. The van der Waals surface area contributed by atoms with Crippen LogP contribution >= 0.6 is 0 Å². The van der Waals surface area contributed by atoms with Crippen molar-refractivity contribution in [3.63, 3.8) is 0 Å². The summed E-state index contributed by atoms with van der Waals surface area (Å²) in [7, 11) is 0. The van der Waals surface area contributed by atoms with Crippen LogP contribution in [0.4, 0.5) is 4.39 Å². The van der Waals surface area contributed by atoms with Crippen LogP contribution in [0.2, 0.25) is 0 Å². The third-order valence-electron chi connectivity index (χ3n) is 6.98. The van der Waals surface area contributed by atoms with Crippen LogP contribution in [-0.4, -0.2) is 33.7 Å². The molecule has 0 radical (unpaired) electrons. The van der Waals surface area contributed by atoms with E-state index >= 15 is 0 Å². The summed E-state index contributed by atoms with van der Waals surface area (Å²) in [6.45, 7) is 8.19. The molecule has 4 aromatic rings. The van der Waals surface area contributed by atoms with Gasteiger partial charge >= 0.3 is 0 Å². The molecule has 8 heteroatoms. The van der Waals surface area contributed by atoms with Gasteiger partial charge in [-0.15, -0.1) is 13.2 Å². The molecule has 0 aliphatic carbocycles. The van der Waals surface area contributed by atoms with Gasteiger partial charge in [0.2, 0.25) is 5.43 Å². The number of allylic oxidation sites excluding steroid dienone is 1. The number of rotatable bonds is 11. The second kappa shape index (κ2) is 12.5. The van der Waals surface area contributed by atoms with E-state index in [0.717, 1.165) is 16.7 Å². The molecule has 1 aliphatic heterocycles. The SMILES string of the molecule is C=CCCc1cc(F)ccc1C(c1ccccn1)N1CN(CC=C)C(=O)c2c(OCc3ccccc3)c(=O)ccn21. The maximum absolute atomic E-state index is 14.5. The van der Waals surface area contributed by atoms with E-state index in [1.54, 1.807) is 40.2 Å². The lowest BCUT2D eigenvalue weighted by molar-refractivity contribution is 0.0697. The zero-order valence-corrected chi connectivity index (χ0v) is 22.7. The average Bonchev–Trinajstić information content (AvgIpc) is 2.99. The van der Waals surface area contributed by atoms with Crippen molar-refractivity contribution < 1.29 is 13.9 Å². The van der Waals surface area contributed by atoms with Crippen LogP contribution in [0.1, 0.15) is 45.3 Å². The number of hydrogen-bond donors (Lipinski definition) is 0. The van der Waals surface area contributed by atoms with Crippen molar-refractivity contribution in [1.29, 1.82) is 0 Å². The maximum atomic E-state index is 14.5. The highest BCUT2D eigenvalue weighted by atomic mass is 19.1. The highest BCUT2D eigenvalue weighted by Gasteiger charge is 2.37. The van der Waals surface area contributed by atoms with E-state index in [9.17, 15) is 14.0 Å². The minimum absolute atomic E-state index is 0.0362. The first-order valence-electron chi connectivity index (χ1n) is 13.4. The Labute approximate surface area is 238 Å². The van der Waals surface area contributed by atoms with E-state index in [1.807, 2.05) is 53.5 Å². The number of amides is 1. The van der Waals surface area contributed by atoms with Crippen LogP contribution in [0, 0.1) is 5.82 Å². The summed E-state index contributed by atoms with van der Waals surface area (Å²) >= 11 is 0. The monoisotopic (exact) mass is 550 g/mol. The second-order valence-electron chi connectivity index (χ2n) is 9.70. The zero-order chi connectivity index (χ0) is 28.8. The number of nitrogens with zero attached hydrogens (tertiary/aromatic N) is 4. The number of halogens is 1. The van der Waals surface area contributed by atoms with Crippen LogP contribution in [0.25, 0.3) is 0 Å². The third-order valence-corrected chi connectivity index (χ3v) is 6.98. The van der Waals surface area contributed by atoms with Crippen molar-refractivity contribution in [1.82, 2.24) is 14.6 Å². The molecule has 0 spiro atoms. The Morgan fingerprint density at radius 1 is 1.00 bits per heavy atom. The molecule has 0 bridgehead atoms. The van der Waals surface area contributed by atoms with Gasteiger partial charge in [0.25, 0.3) is 5.91 Å². The molecule has 1 aliphatic rings. The normalized spacial score (nSPS) is 13.4. The second-order valence-corrected chi connectivity index (χ2v) is 9.70. The molecule has 0 fully saturated rings. The highest BCUT2D eigenvalue weighted by Crippen LogP contribution is 2.34. The Balaban J connectivity index is 1.69. The fourth-order valence-electron chi connectivity index (χ4n) is 5.07. The summed E-state index contributed by atoms with van der Waals surface area (Å²) in [6.07, 6.45) is 7.96. The van der Waals surface area contributed by atoms with Crippen LogP contribution < -0.4 is 15.2 Å². The molecule has 2 aromatic heterocycles. The molecule has 1 amide bonds. The molecule has 208 valence electrons. The molecule has 0 N–H and O–H groups in total. The molecular weight excluding hydrogens is 519 g/mol. The molecule has 2 aromatic carbocycles.